The molecule has 2 aliphatic rings. The van der Waals surface area contributed by atoms with Gasteiger partial charge in [-0.05, 0) is 18.3 Å². The van der Waals surface area contributed by atoms with E-state index in [1.54, 1.807) is 4.90 Å². The van der Waals surface area contributed by atoms with E-state index in [9.17, 15) is 14.7 Å². The number of β-amino-alcohol motifs (C(OH)–C–C–N with tert-alkyl or cyclic N) is 1. The van der Waals surface area contributed by atoms with Crippen molar-refractivity contribution in [3.05, 3.63) is 0 Å². The summed E-state index contributed by atoms with van der Waals surface area (Å²) in [5.74, 6) is -0.171. The number of carboxylic acids is 1. The first-order valence-corrected chi connectivity index (χ1v) is 6.85. The number of rotatable bonds is 1. The number of hydrogen-bond acceptors (Lipinski definition) is 3. The number of carboxylic acid groups (broad SMARTS) is 1. The van der Waals surface area contributed by atoms with E-state index in [4.69, 9.17) is 5.11 Å². The standard InChI is InChI=1S/C13H22N2O4/c1-8-3-9(2)6-14(5-8)13(19)15-7-10(16)4-11(15)12(17)18/h8-11,16H,3-7H2,1-2H3,(H,17,18)/t8?,9?,10-,11-/m0/s1. The summed E-state index contributed by atoms with van der Waals surface area (Å²) >= 11 is 0. The molecule has 2 N–H and O–H groups in total. The number of piperidine rings is 1. The zero-order chi connectivity index (χ0) is 14.2. The highest BCUT2D eigenvalue weighted by Crippen LogP contribution is 2.25. The van der Waals surface area contributed by atoms with Gasteiger partial charge in [0, 0.05) is 26.1 Å². The smallest absolute Gasteiger partial charge is 0.326 e. The van der Waals surface area contributed by atoms with Crippen molar-refractivity contribution >= 4 is 12.0 Å². The van der Waals surface area contributed by atoms with Crippen molar-refractivity contribution in [1.82, 2.24) is 9.80 Å². The van der Waals surface area contributed by atoms with Gasteiger partial charge in [-0.3, -0.25) is 0 Å². The lowest BCUT2D eigenvalue weighted by Gasteiger charge is -2.38. The van der Waals surface area contributed by atoms with E-state index in [1.807, 2.05) is 0 Å². The van der Waals surface area contributed by atoms with Crippen LogP contribution in [0, 0.1) is 11.8 Å². The Kier molecular flexibility index (Phi) is 3.99. The summed E-state index contributed by atoms with van der Waals surface area (Å²) in [6, 6.07) is -1.14. The average Bonchev–Trinajstić information content (AvgIpc) is 2.69. The van der Waals surface area contributed by atoms with Crippen LogP contribution in [0.2, 0.25) is 0 Å². The molecule has 0 aliphatic carbocycles. The molecule has 4 atom stereocenters. The van der Waals surface area contributed by atoms with Crippen LogP contribution in [0.1, 0.15) is 26.7 Å². The number of nitrogens with zero attached hydrogens (tertiary/aromatic N) is 2. The molecule has 0 aromatic carbocycles. The Labute approximate surface area is 113 Å². The third kappa shape index (κ3) is 3.00. The molecule has 6 nitrogen and oxygen atoms in total. The molecule has 2 aliphatic heterocycles. The number of likely N-dealkylation sites (tertiary alicyclic amines) is 2. The molecular weight excluding hydrogens is 248 g/mol. The number of hydrogen-bond donors (Lipinski definition) is 2. The van der Waals surface area contributed by atoms with Gasteiger partial charge in [0.1, 0.15) is 6.04 Å². The molecule has 6 heteroatoms. The number of amides is 2. The van der Waals surface area contributed by atoms with Gasteiger partial charge in [0.25, 0.3) is 0 Å². The number of urea groups is 1. The quantitative estimate of drug-likeness (QED) is 0.731. The van der Waals surface area contributed by atoms with Gasteiger partial charge in [-0.25, -0.2) is 9.59 Å². The molecule has 2 fully saturated rings. The zero-order valence-corrected chi connectivity index (χ0v) is 11.5. The molecule has 0 bridgehead atoms. The van der Waals surface area contributed by atoms with Crippen LogP contribution in [-0.4, -0.2) is 63.8 Å². The minimum Gasteiger partial charge on any atom is -0.480 e. The lowest BCUT2D eigenvalue weighted by molar-refractivity contribution is -0.141. The third-order valence-electron chi connectivity index (χ3n) is 3.95. The van der Waals surface area contributed by atoms with Gasteiger partial charge >= 0.3 is 12.0 Å². The molecule has 2 saturated heterocycles. The van der Waals surface area contributed by atoms with Gasteiger partial charge in [-0.1, -0.05) is 13.8 Å². The molecule has 0 aromatic heterocycles. The van der Waals surface area contributed by atoms with Crippen molar-refractivity contribution in [1.29, 1.82) is 0 Å². The first-order valence-electron chi connectivity index (χ1n) is 6.85. The summed E-state index contributed by atoms with van der Waals surface area (Å²) in [5.41, 5.74) is 0. The first kappa shape index (κ1) is 14.1. The van der Waals surface area contributed by atoms with E-state index in [2.05, 4.69) is 13.8 Å². The molecule has 2 rings (SSSR count). The third-order valence-corrected chi connectivity index (χ3v) is 3.95. The van der Waals surface area contributed by atoms with Crippen LogP contribution in [0.15, 0.2) is 0 Å². The van der Waals surface area contributed by atoms with Crippen molar-refractivity contribution in [3.63, 3.8) is 0 Å². The summed E-state index contributed by atoms with van der Waals surface area (Å²) in [4.78, 5) is 26.6. The van der Waals surface area contributed by atoms with Crippen LogP contribution in [0.5, 0.6) is 0 Å². The van der Waals surface area contributed by atoms with Crippen molar-refractivity contribution in [2.75, 3.05) is 19.6 Å². The lowest BCUT2D eigenvalue weighted by atomic mass is 9.92. The molecule has 108 valence electrons. The van der Waals surface area contributed by atoms with Gasteiger partial charge in [0.2, 0.25) is 0 Å². The molecule has 2 heterocycles. The van der Waals surface area contributed by atoms with Crippen molar-refractivity contribution in [2.45, 2.75) is 38.8 Å². The lowest BCUT2D eigenvalue weighted by Crippen LogP contribution is -2.52. The second-order valence-electron chi connectivity index (χ2n) is 6.03. The first-order chi connectivity index (χ1) is 8.88. The van der Waals surface area contributed by atoms with E-state index < -0.39 is 18.1 Å². The molecule has 0 aromatic rings. The van der Waals surface area contributed by atoms with Gasteiger partial charge in [-0.2, -0.15) is 0 Å². The monoisotopic (exact) mass is 270 g/mol. The van der Waals surface area contributed by atoms with Crippen LogP contribution in [0.25, 0.3) is 0 Å². The highest BCUT2D eigenvalue weighted by molar-refractivity contribution is 5.83. The predicted octanol–water partition coefficient (Wildman–Crippen LogP) is 0.604. The minimum absolute atomic E-state index is 0.120. The minimum atomic E-state index is -1.04. The van der Waals surface area contributed by atoms with Crippen molar-refractivity contribution in [2.24, 2.45) is 11.8 Å². The van der Waals surface area contributed by atoms with E-state index in [0.29, 0.717) is 24.9 Å². The Bertz CT molecular complexity index is 364. The van der Waals surface area contributed by atoms with Crippen LogP contribution in [-0.2, 0) is 4.79 Å². The Hall–Kier alpha value is -1.30. The Balaban J connectivity index is 2.07. The van der Waals surface area contributed by atoms with Crippen LogP contribution in [0.3, 0.4) is 0 Å². The maximum Gasteiger partial charge on any atom is 0.326 e. The molecule has 19 heavy (non-hydrogen) atoms. The van der Waals surface area contributed by atoms with Crippen LogP contribution in [0.4, 0.5) is 4.79 Å². The van der Waals surface area contributed by atoms with Crippen molar-refractivity contribution in [3.8, 4) is 0 Å². The van der Waals surface area contributed by atoms with Crippen LogP contribution >= 0.6 is 0 Å². The van der Waals surface area contributed by atoms with Gasteiger partial charge < -0.3 is 20.0 Å². The summed E-state index contributed by atoms with van der Waals surface area (Å²) < 4.78 is 0. The van der Waals surface area contributed by atoms with E-state index >= 15 is 0 Å². The van der Waals surface area contributed by atoms with E-state index in [1.165, 1.54) is 4.90 Å². The fraction of sp³-hybridized carbons (Fsp3) is 0.846. The fourth-order valence-electron chi connectivity index (χ4n) is 3.26. The van der Waals surface area contributed by atoms with Gasteiger partial charge in [0.05, 0.1) is 6.10 Å². The zero-order valence-electron chi connectivity index (χ0n) is 11.5. The molecule has 0 spiro atoms. The maximum atomic E-state index is 12.4. The highest BCUT2D eigenvalue weighted by atomic mass is 16.4. The number of aliphatic hydroxyl groups excluding tert-OH is 1. The summed E-state index contributed by atoms with van der Waals surface area (Å²) in [7, 11) is 0. The van der Waals surface area contributed by atoms with E-state index in [0.717, 1.165) is 6.42 Å². The topological polar surface area (TPSA) is 81.1 Å². The van der Waals surface area contributed by atoms with Gasteiger partial charge in [-0.15, -0.1) is 0 Å². The molecule has 2 amide bonds. The van der Waals surface area contributed by atoms with Gasteiger partial charge in [0.15, 0.2) is 0 Å². The second-order valence-corrected chi connectivity index (χ2v) is 6.03. The highest BCUT2D eigenvalue weighted by Gasteiger charge is 2.41. The average molecular weight is 270 g/mol. The summed E-state index contributed by atoms with van der Waals surface area (Å²) in [6.45, 7) is 5.66. The van der Waals surface area contributed by atoms with Crippen molar-refractivity contribution < 1.29 is 19.8 Å². The molecule has 0 saturated carbocycles. The number of carbonyl (C=O) groups excluding carboxylic acids is 1. The predicted molar refractivity (Wildman–Crippen MR) is 68.7 cm³/mol. The molecule has 2 unspecified atom stereocenters. The Morgan fingerprint density at radius 3 is 2.16 bits per heavy atom. The number of aliphatic carboxylic acids is 1. The molecular formula is C13H22N2O4. The maximum absolute atomic E-state index is 12.4. The summed E-state index contributed by atoms with van der Waals surface area (Å²) in [5, 5.41) is 18.7. The second kappa shape index (κ2) is 5.36. The fourth-order valence-corrected chi connectivity index (χ4v) is 3.26. The molecule has 0 radical (unpaired) electrons. The summed E-state index contributed by atoms with van der Waals surface area (Å²) in [6.07, 6.45) is 0.485. The van der Waals surface area contributed by atoms with Crippen LogP contribution < -0.4 is 0 Å². The Morgan fingerprint density at radius 2 is 1.63 bits per heavy atom. The number of carbonyl (C=O) groups is 2. The van der Waals surface area contributed by atoms with E-state index in [-0.39, 0.29) is 19.0 Å². The normalized spacial score (nSPS) is 35.5. The largest absolute Gasteiger partial charge is 0.480 e. The SMILES string of the molecule is CC1CC(C)CN(C(=O)N2C[C@@H](O)C[C@H]2C(=O)O)C1. The number of aliphatic hydroxyl groups is 1. The Morgan fingerprint density at radius 1 is 1.05 bits per heavy atom.